The van der Waals surface area contributed by atoms with Crippen molar-refractivity contribution >= 4 is 15.9 Å². The van der Waals surface area contributed by atoms with Gasteiger partial charge in [0.25, 0.3) is 0 Å². The molecule has 128 valence electrons. The minimum absolute atomic E-state index is 0.125. The number of sulfonamides is 1. The van der Waals surface area contributed by atoms with Crippen LogP contribution >= 0.6 is 0 Å². The Morgan fingerprint density at radius 3 is 2.43 bits per heavy atom. The summed E-state index contributed by atoms with van der Waals surface area (Å²) in [5.41, 5.74) is 0.914. The average molecular weight is 340 g/mol. The number of carbonyl (C=O) groups excluding carboxylic acids is 1. The molecule has 1 unspecified atom stereocenters. The largest absolute Gasteiger partial charge is 0.392 e. The van der Waals surface area contributed by atoms with Crippen LogP contribution in [0.25, 0.3) is 0 Å². The second kappa shape index (κ2) is 7.90. The highest BCUT2D eigenvalue weighted by Gasteiger charge is 2.26. The van der Waals surface area contributed by atoms with Gasteiger partial charge in [0.2, 0.25) is 15.9 Å². The van der Waals surface area contributed by atoms with Gasteiger partial charge in [-0.1, -0.05) is 12.1 Å². The molecule has 1 saturated heterocycles. The fourth-order valence-electron chi connectivity index (χ4n) is 2.51. The maximum absolute atomic E-state index is 12.4. The van der Waals surface area contributed by atoms with Gasteiger partial charge in [-0.05, 0) is 43.9 Å². The second-order valence-corrected chi connectivity index (χ2v) is 7.85. The summed E-state index contributed by atoms with van der Waals surface area (Å²) in [5, 5.41) is 11.7. The summed E-state index contributed by atoms with van der Waals surface area (Å²) in [5.74, 6) is -0.125. The minimum atomic E-state index is -3.38. The Kier molecular flexibility index (Phi) is 6.15. The molecule has 1 aliphatic rings. The number of nitrogens with one attached hydrogen (secondary N) is 1. The van der Waals surface area contributed by atoms with E-state index >= 15 is 0 Å². The van der Waals surface area contributed by atoms with Crippen molar-refractivity contribution in [2.45, 2.75) is 43.6 Å². The van der Waals surface area contributed by atoms with E-state index < -0.39 is 16.1 Å². The predicted octanol–water partition coefficient (Wildman–Crippen LogP) is 0.901. The molecule has 1 aromatic carbocycles. The van der Waals surface area contributed by atoms with E-state index in [4.69, 9.17) is 5.11 Å². The summed E-state index contributed by atoms with van der Waals surface area (Å²) in [6.45, 7) is 3.03. The molecule has 1 atom stereocenters. The predicted molar refractivity (Wildman–Crippen MR) is 87.4 cm³/mol. The van der Waals surface area contributed by atoms with Gasteiger partial charge >= 0.3 is 0 Å². The maximum atomic E-state index is 12.4. The van der Waals surface area contributed by atoms with Crippen LogP contribution in [0.5, 0.6) is 0 Å². The first-order valence-electron chi connectivity index (χ1n) is 7.93. The van der Waals surface area contributed by atoms with E-state index in [9.17, 15) is 13.2 Å². The Morgan fingerprint density at radius 2 is 1.87 bits per heavy atom. The van der Waals surface area contributed by atoms with E-state index in [0.29, 0.717) is 30.8 Å². The number of rotatable bonds is 7. The van der Waals surface area contributed by atoms with Crippen LogP contribution in [-0.2, 0) is 21.2 Å². The highest BCUT2D eigenvalue weighted by atomic mass is 32.2. The summed E-state index contributed by atoms with van der Waals surface area (Å²) < 4.78 is 26.3. The van der Waals surface area contributed by atoms with E-state index in [1.54, 1.807) is 31.2 Å². The first-order chi connectivity index (χ1) is 10.9. The van der Waals surface area contributed by atoms with Gasteiger partial charge in [-0.25, -0.2) is 8.42 Å². The molecule has 0 bridgehead atoms. The Morgan fingerprint density at radius 1 is 1.26 bits per heavy atom. The lowest BCUT2D eigenvalue weighted by atomic mass is 10.1. The van der Waals surface area contributed by atoms with Crippen LogP contribution in [0.3, 0.4) is 0 Å². The molecule has 6 nitrogen and oxygen atoms in total. The molecule has 1 heterocycles. The van der Waals surface area contributed by atoms with Gasteiger partial charge in [0.15, 0.2) is 0 Å². The van der Waals surface area contributed by atoms with Crippen molar-refractivity contribution in [3.05, 3.63) is 29.8 Å². The SMILES string of the molecule is CC(O)CNC(=O)CCc1ccc(S(=O)(=O)N2CCCC2)cc1. The monoisotopic (exact) mass is 340 g/mol. The topological polar surface area (TPSA) is 86.7 Å². The zero-order chi connectivity index (χ0) is 16.9. The lowest BCUT2D eigenvalue weighted by molar-refractivity contribution is -0.121. The number of aliphatic hydroxyl groups excluding tert-OH is 1. The molecular formula is C16H24N2O4S. The molecule has 1 fully saturated rings. The van der Waals surface area contributed by atoms with Gasteiger partial charge in [0.1, 0.15) is 0 Å². The van der Waals surface area contributed by atoms with Gasteiger partial charge < -0.3 is 10.4 Å². The smallest absolute Gasteiger partial charge is 0.243 e. The van der Waals surface area contributed by atoms with E-state index in [-0.39, 0.29) is 12.5 Å². The first kappa shape index (κ1) is 17.9. The van der Waals surface area contributed by atoms with Crippen molar-refractivity contribution in [1.29, 1.82) is 0 Å². The maximum Gasteiger partial charge on any atom is 0.243 e. The second-order valence-electron chi connectivity index (χ2n) is 5.91. The van der Waals surface area contributed by atoms with E-state index in [1.807, 2.05) is 0 Å². The molecule has 7 heteroatoms. The quantitative estimate of drug-likeness (QED) is 0.772. The van der Waals surface area contributed by atoms with Crippen molar-refractivity contribution < 1.29 is 18.3 Å². The molecule has 0 saturated carbocycles. The van der Waals surface area contributed by atoms with Crippen molar-refractivity contribution in [1.82, 2.24) is 9.62 Å². The third-order valence-corrected chi connectivity index (χ3v) is 5.77. The van der Waals surface area contributed by atoms with Crippen molar-refractivity contribution in [2.75, 3.05) is 19.6 Å². The summed E-state index contributed by atoms with van der Waals surface area (Å²) in [7, 11) is -3.38. The van der Waals surface area contributed by atoms with Gasteiger partial charge in [-0.2, -0.15) is 4.31 Å². The van der Waals surface area contributed by atoms with E-state index in [0.717, 1.165) is 18.4 Å². The molecule has 0 radical (unpaired) electrons. The standard InChI is InChI=1S/C16H24N2O4S/c1-13(19)12-17-16(20)9-6-14-4-7-15(8-5-14)23(21,22)18-10-2-3-11-18/h4-5,7-8,13,19H,2-3,6,9-12H2,1H3,(H,17,20). The fourth-order valence-corrected chi connectivity index (χ4v) is 4.03. The van der Waals surface area contributed by atoms with Gasteiger partial charge in [0, 0.05) is 26.1 Å². The van der Waals surface area contributed by atoms with Crippen LogP contribution in [0, 0.1) is 0 Å². The Hall–Kier alpha value is -1.44. The van der Waals surface area contributed by atoms with Gasteiger partial charge in [-0.3, -0.25) is 4.79 Å². The number of aryl methyl sites for hydroxylation is 1. The normalized spacial score (nSPS) is 17.1. The molecule has 1 aliphatic heterocycles. The van der Waals surface area contributed by atoms with Crippen LogP contribution in [0.4, 0.5) is 0 Å². The highest BCUT2D eigenvalue weighted by molar-refractivity contribution is 7.89. The van der Waals surface area contributed by atoms with Crippen molar-refractivity contribution in [2.24, 2.45) is 0 Å². The summed E-state index contributed by atoms with van der Waals surface area (Å²) in [4.78, 5) is 11.9. The average Bonchev–Trinajstić information content (AvgIpc) is 3.06. The lowest BCUT2D eigenvalue weighted by Gasteiger charge is -2.15. The van der Waals surface area contributed by atoms with Crippen LogP contribution in [0.1, 0.15) is 31.7 Å². The Bertz CT molecular complexity index is 620. The summed E-state index contributed by atoms with van der Waals surface area (Å²) in [6.07, 6.45) is 2.12. The molecule has 1 amide bonds. The summed E-state index contributed by atoms with van der Waals surface area (Å²) in [6, 6.07) is 6.73. The van der Waals surface area contributed by atoms with Crippen LogP contribution in [0.2, 0.25) is 0 Å². The number of hydrogen-bond donors (Lipinski definition) is 2. The molecule has 0 aliphatic carbocycles. The zero-order valence-electron chi connectivity index (χ0n) is 13.4. The van der Waals surface area contributed by atoms with Gasteiger partial charge in [-0.15, -0.1) is 0 Å². The van der Waals surface area contributed by atoms with Crippen LogP contribution in [0.15, 0.2) is 29.2 Å². The first-order valence-corrected chi connectivity index (χ1v) is 9.37. The van der Waals surface area contributed by atoms with Gasteiger partial charge in [0.05, 0.1) is 11.0 Å². The molecular weight excluding hydrogens is 316 g/mol. The number of hydrogen-bond acceptors (Lipinski definition) is 4. The van der Waals surface area contributed by atoms with E-state index in [2.05, 4.69) is 5.32 Å². The number of amides is 1. The van der Waals surface area contributed by atoms with E-state index in [1.165, 1.54) is 4.31 Å². The van der Waals surface area contributed by atoms with Crippen molar-refractivity contribution in [3.8, 4) is 0 Å². The molecule has 2 rings (SSSR count). The third-order valence-electron chi connectivity index (χ3n) is 3.86. The van der Waals surface area contributed by atoms with Crippen molar-refractivity contribution in [3.63, 3.8) is 0 Å². The third kappa shape index (κ3) is 5.02. The highest BCUT2D eigenvalue weighted by Crippen LogP contribution is 2.21. The number of aliphatic hydroxyl groups is 1. The number of carbonyl (C=O) groups is 1. The Labute approximate surface area is 137 Å². The Balaban J connectivity index is 1.90. The number of nitrogens with zero attached hydrogens (tertiary/aromatic N) is 1. The lowest BCUT2D eigenvalue weighted by Crippen LogP contribution is -2.30. The minimum Gasteiger partial charge on any atom is -0.392 e. The molecule has 0 aromatic heterocycles. The number of benzene rings is 1. The molecule has 2 N–H and O–H groups in total. The molecule has 1 aromatic rings. The van der Waals surface area contributed by atoms with Crippen LogP contribution in [-0.4, -0.2) is 49.5 Å². The molecule has 23 heavy (non-hydrogen) atoms. The zero-order valence-corrected chi connectivity index (χ0v) is 14.2. The fraction of sp³-hybridized carbons (Fsp3) is 0.562. The molecule has 0 spiro atoms. The summed E-state index contributed by atoms with van der Waals surface area (Å²) >= 11 is 0. The van der Waals surface area contributed by atoms with Crippen LogP contribution < -0.4 is 5.32 Å².